The molecular formula is C24H33N5O2. The number of hydrogen-bond donors (Lipinski definition) is 1. The number of fused-ring (bicyclic) bond motifs is 1. The highest BCUT2D eigenvalue weighted by Crippen LogP contribution is 2.29. The molecule has 7 heteroatoms. The third-order valence-electron chi connectivity index (χ3n) is 6.39. The second-order valence-corrected chi connectivity index (χ2v) is 9.79. The van der Waals surface area contributed by atoms with E-state index < -0.39 is 0 Å². The third kappa shape index (κ3) is 4.24. The molecule has 0 aromatic carbocycles. The Labute approximate surface area is 183 Å². The first-order chi connectivity index (χ1) is 14.7. The smallest absolute Gasteiger partial charge is 0.252 e. The van der Waals surface area contributed by atoms with Crippen molar-refractivity contribution in [3.63, 3.8) is 0 Å². The minimum absolute atomic E-state index is 0.109. The van der Waals surface area contributed by atoms with Crippen LogP contribution in [-0.4, -0.2) is 50.7 Å². The molecule has 3 aromatic rings. The number of pyridine rings is 1. The van der Waals surface area contributed by atoms with Crippen LogP contribution in [0.5, 0.6) is 0 Å². The van der Waals surface area contributed by atoms with E-state index in [0.717, 1.165) is 24.2 Å². The van der Waals surface area contributed by atoms with Crippen molar-refractivity contribution in [2.75, 3.05) is 19.6 Å². The van der Waals surface area contributed by atoms with Crippen molar-refractivity contribution >= 4 is 16.9 Å². The molecule has 0 aliphatic carbocycles. The molecule has 1 amide bonds. The van der Waals surface area contributed by atoms with E-state index >= 15 is 0 Å². The number of aryl methyl sites for hydroxylation is 2. The average Bonchev–Trinajstić information content (AvgIpc) is 3.34. The van der Waals surface area contributed by atoms with Gasteiger partial charge in [0.25, 0.3) is 5.91 Å². The van der Waals surface area contributed by atoms with Crippen LogP contribution in [-0.2, 0) is 7.05 Å². The van der Waals surface area contributed by atoms with Gasteiger partial charge in [-0.05, 0) is 57.2 Å². The van der Waals surface area contributed by atoms with Crippen molar-refractivity contribution in [1.82, 2.24) is 25.0 Å². The number of likely N-dealkylation sites (tertiary alicyclic amines) is 1. The van der Waals surface area contributed by atoms with Gasteiger partial charge in [-0.1, -0.05) is 13.8 Å². The second-order valence-electron chi connectivity index (χ2n) is 9.79. The van der Waals surface area contributed by atoms with Gasteiger partial charge in [0.05, 0.1) is 22.9 Å². The monoisotopic (exact) mass is 423 g/mol. The van der Waals surface area contributed by atoms with Gasteiger partial charge in [0.2, 0.25) is 0 Å². The van der Waals surface area contributed by atoms with Gasteiger partial charge in [0, 0.05) is 32.2 Å². The lowest BCUT2D eigenvalue weighted by molar-refractivity contribution is 0.0445. The van der Waals surface area contributed by atoms with E-state index in [4.69, 9.17) is 9.40 Å². The zero-order valence-corrected chi connectivity index (χ0v) is 19.4. The lowest BCUT2D eigenvalue weighted by Crippen LogP contribution is -2.56. The molecule has 7 nitrogen and oxygen atoms in total. The molecule has 4 rings (SSSR count). The molecule has 1 aliphatic heterocycles. The maximum atomic E-state index is 13.4. The van der Waals surface area contributed by atoms with Gasteiger partial charge in [0.1, 0.15) is 5.69 Å². The van der Waals surface area contributed by atoms with Crippen molar-refractivity contribution in [3.8, 4) is 11.5 Å². The lowest BCUT2D eigenvalue weighted by atomic mass is 9.88. The summed E-state index contributed by atoms with van der Waals surface area (Å²) >= 11 is 0. The van der Waals surface area contributed by atoms with Crippen molar-refractivity contribution < 1.29 is 9.21 Å². The van der Waals surface area contributed by atoms with Crippen LogP contribution in [0, 0.1) is 18.8 Å². The molecule has 1 aliphatic rings. The summed E-state index contributed by atoms with van der Waals surface area (Å²) in [7, 11) is 1.84. The van der Waals surface area contributed by atoms with E-state index in [0.29, 0.717) is 41.0 Å². The SMILES string of the molecule is Cc1nn(C)c2nc(-c3ccco3)cc(C(=O)NCC(C)(C)N3CC(C)CC(C)C3)c12. The number of piperidine rings is 1. The molecule has 0 radical (unpaired) electrons. The molecule has 2 unspecified atom stereocenters. The summed E-state index contributed by atoms with van der Waals surface area (Å²) in [5.74, 6) is 1.87. The molecule has 1 fully saturated rings. The predicted molar refractivity (Wildman–Crippen MR) is 122 cm³/mol. The first-order valence-corrected chi connectivity index (χ1v) is 11.1. The van der Waals surface area contributed by atoms with E-state index in [1.165, 1.54) is 6.42 Å². The molecule has 0 saturated carbocycles. The number of nitrogens with zero attached hydrogens (tertiary/aromatic N) is 4. The molecule has 1 N–H and O–H groups in total. The van der Waals surface area contributed by atoms with Crippen LogP contribution < -0.4 is 5.32 Å². The Bertz CT molecular complexity index is 1070. The van der Waals surface area contributed by atoms with Gasteiger partial charge < -0.3 is 9.73 Å². The summed E-state index contributed by atoms with van der Waals surface area (Å²) in [5.41, 5.74) is 2.55. The third-order valence-corrected chi connectivity index (χ3v) is 6.39. The van der Waals surface area contributed by atoms with Gasteiger partial charge in [-0.3, -0.25) is 14.4 Å². The van der Waals surface area contributed by atoms with E-state index in [-0.39, 0.29) is 11.4 Å². The number of rotatable bonds is 5. The zero-order chi connectivity index (χ0) is 22.3. The number of amides is 1. The summed E-state index contributed by atoms with van der Waals surface area (Å²) in [6.07, 6.45) is 2.88. The highest BCUT2D eigenvalue weighted by atomic mass is 16.3. The van der Waals surface area contributed by atoms with Crippen molar-refractivity contribution in [2.24, 2.45) is 18.9 Å². The van der Waals surface area contributed by atoms with Gasteiger partial charge >= 0.3 is 0 Å². The zero-order valence-electron chi connectivity index (χ0n) is 19.4. The molecule has 0 bridgehead atoms. The fourth-order valence-electron chi connectivity index (χ4n) is 4.84. The number of aromatic nitrogens is 3. The molecule has 4 heterocycles. The van der Waals surface area contributed by atoms with Gasteiger partial charge in [-0.25, -0.2) is 4.98 Å². The lowest BCUT2D eigenvalue weighted by Gasteiger charge is -2.45. The number of carbonyl (C=O) groups is 1. The van der Waals surface area contributed by atoms with Crippen LogP contribution in [0.25, 0.3) is 22.5 Å². The Morgan fingerprint density at radius 2 is 2.00 bits per heavy atom. The maximum Gasteiger partial charge on any atom is 0.252 e. The molecule has 1 saturated heterocycles. The summed E-state index contributed by atoms with van der Waals surface area (Å²) in [6.45, 7) is 13.7. The Balaban J connectivity index is 1.61. The van der Waals surface area contributed by atoms with Crippen molar-refractivity contribution in [3.05, 3.63) is 35.7 Å². The van der Waals surface area contributed by atoms with Gasteiger partial charge in [-0.15, -0.1) is 0 Å². The standard InChI is InChI=1S/C24H33N5O2/c1-15-10-16(2)13-29(12-15)24(4,5)14-25-23(30)18-11-19(20-8-7-9-31-20)26-22-21(18)17(3)27-28(22)6/h7-9,11,15-16H,10,12-14H2,1-6H3,(H,25,30). The summed E-state index contributed by atoms with van der Waals surface area (Å²) in [4.78, 5) is 20.6. The molecule has 31 heavy (non-hydrogen) atoms. The Morgan fingerprint density at radius 1 is 1.29 bits per heavy atom. The second kappa shape index (κ2) is 8.11. The largest absolute Gasteiger partial charge is 0.463 e. The predicted octanol–water partition coefficient (Wildman–Crippen LogP) is 4.02. The van der Waals surface area contributed by atoms with Gasteiger partial charge in [0.15, 0.2) is 11.4 Å². The minimum Gasteiger partial charge on any atom is -0.463 e. The Hall–Kier alpha value is -2.67. The first-order valence-electron chi connectivity index (χ1n) is 11.1. The van der Waals surface area contributed by atoms with E-state index in [2.05, 4.69) is 43.0 Å². The highest BCUT2D eigenvalue weighted by molar-refractivity contribution is 6.07. The minimum atomic E-state index is -0.126. The first kappa shape index (κ1) is 21.6. The van der Waals surface area contributed by atoms with Crippen molar-refractivity contribution in [1.29, 1.82) is 0 Å². The normalized spacial score (nSPS) is 20.3. The van der Waals surface area contributed by atoms with Crippen LogP contribution in [0.15, 0.2) is 28.9 Å². The van der Waals surface area contributed by atoms with E-state index in [1.54, 1.807) is 10.9 Å². The van der Waals surface area contributed by atoms with Crippen LogP contribution in [0.2, 0.25) is 0 Å². The average molecular weight is 424 g/mol. The number of hydrogen-bond acceptors (Lipinski definition) is 5. The van der Waals surface area contributed by atoms with Crippen LogP contribution >= 0.6 is 0 Å². The highest BCUT2D eigenvalue weighted by Gasteiger charge is 2.33. The van der Waals surface area contributed by atoms with Crippen LogP contribution in [0.4, 0.5) is 0 Å². The molecule has 0 spiro atoms. The van der Waals surface area contributed by atoms with E-state index in [1.807, 2.05) is 32.2 Å². The fraction of sp³-hybridized carbons (Fsp3) is 0.542. The molecule has 3 aromatic heterocycles. The number of nitrogens with one attached hydrogen (secondary N) is 1. The maximum absolute atomic E-state index is 13.4. The fourth-order valence-corrected chi connectivity index (χ4v) is 4.84. The van der Waals surface area contributed by atoms with Gasteiger partial charge in [-0.2, -0.15) is 5.10 Å². The summed E-state index contributed by atoms with van der Waals surface area (Å²) < 4.78 is 7.25. The summed E-state index contributed by atoms with van der Waals surface area (Å²) in [6, 6.07) is 5.47. The quantitative estimate of drug-likeness (QED) is 0.671. The molecular weight excluding hydrogens is 390 g/mol. The summed E-state index contributed by atoms with van der Waals surface area (Å²) in [5, 5.41) is 8.47. The van der Waals surface area contributed by atoms with Crippen LogP contribution in [0.3, 0.4) is 0 Å². The number of carbonyl (C=O) groups excluding carboxylic acids is 1. The van der Waals surface area contributed by atoms with Crippen molar-refractivity contribution in [2.45, 2.75) is 46.6 Å². The molecule has 2 atom stereocenters. The topological polar surface area (TPSA) is 76.2 Å². The van der Waals surface area contributed by atoms with E-state index in [9.17, 15) is 4.79 Å². The molecule has 166 valence electrons. The number of furan rings is 1. The Morgan fingerprint density at radius 3 is 2.65 bits per heavy atom. The van der Waals surface area contributed by atoms with Crippen LogP contribution in [0.1, 0.15) is 50.2 Å². The Kier molecular flexibility index (Phi) is 5.64.